The highest BCUT2D eigenvalue weighted by atomic mass is 16.5. The Hall–Kier alpha value is -3.62. The second-order valence-electron chi connectivity index (χ2n) is 6.50. The molecule has 3 N–H and O–H groups in total. The van der Waals surface area contributed by atoms with Crippen molar-refractivity contribution < 1.29 is 39.1 Å². The second-order valence-corrected chi connectivity index (χ2v) is 6.50. The van der Waals surface area contributed by atoms with E-state index >= 15 is 0 Å². The van der Waals surface area contributed by atoms with Gasteiger partial charge in [0.1, 0.15) is 37.4 Å². The molecule has 2 rings (SSSR count). The number of carbonyl (C=O) groups is 2. The number of carbonyl (C=O) groups excluding carboxylic acids is 1. The van der Waals surface area contributed by atoms with Gasteiger partial charge in [-0.25, -0.2) is 9.59 Å². The predicted octanol–water partition coefficient (Wildman–Crippen LogP) is 2.61. The average molecular weight is 444 g/mol. The lowest BCUT2D eigenvalue weighted by atomic mass is 10.1. The van der Waals surface area contributed by atoms with Crippen LogP contribution in [0.1, 0.15) is 6.42 Å². The van der Waals surface area contributed by atoms with Gasteiger partial charge in [-0.05, 0) is 24.3 Å². The fraction of sp³-hybridized carbons (Fsp3) is 0.250. The number of aliphatic hydroxyl groups excluding tert-OH is 2. The molecule has 0 heterocycles. The van der Waals surface area contributed by atoms with Crippen molar-refractivity contribution in [2.24, 2.45) is 0 Å². The number of para-hydroxylation sites is 2. The van der Waals surface area contributed by atoms with Crippen molar-refractivity contribution in [3.05, 3.63) is 85.5 Å². The van der Waals surface area contributed by atoms with E-state index in [1.54, 1.807) is 24.3 Å². The van der Waals surface area contributed by atoms with Crippen LogP contribution in [-0.4, -0.2) is 59.3 Å². The van der Waals surface area contributed by atoms with Crippen LogP contribution in [0.2, 0.25) is 0 Å². The first-order chi connectivity index (χ1) is 15.3. The number of esters is 1. The van der Waals surface area contributed by atoms with Crippen molar-refractivity contribution in [1.29, 1.82) is 0 Å². The molecule has 0 bridgehead atoms. The zero-order valence-electron chi connectivity index (χ0n) is 17.6. The number of aliphatic hydroxyl groups is 2. The lowest BCUT2D eigenvalue weighted by Crippen LogP contribution is -2.24. The topological polar surface area (TPSA) is 123 Å². The number of benzene rings is 2. The Labute approximate surface area is 187 Å². The number of hydrogen-bond donors (Lipinski definition) is 3. The second kappa shape index (κ2) is 15.2. The maximum atomic E-state index is 10.7. The molecule has 0 saturated carbocycles. The number of carboxylic acids is 1. The van der Waals surface area contributed by atoms with Crippen molar-refractivity contribution in [2.45, 2.75) is 18.6 Å². The largest absolute Gasteiger partial charge is 0.491 e. The summed E-state index contributed by atoms with van der Waals surface area (Å²) in [5, 5.41) is 27.5. The highest BCUT2D eigenvalue weighted by Crippen LogP contribution is 2.11. The molecule has 8 heteroatoms. The lowest BCUT2D eigenvalue weighted by molar-refractivity contribution is -0.141. The maximum absolute atomic E-state index is 10.7. The maximum Gasteiger partial charge on any atom is 0.331 e. The number of ether oxygens (including phenoxy) is 3. The number of carboxylic acid groups (broad SMARTS) is 1. The summed E-state index contributed by atoms with van der Waals surface area (Å²) in [4.78, 5) is 21.2. The first-order valence-corrected chi connectivity index (χ1v) is 9.74. The zero-order valence-corrected chi connectivity index (χ0v) is 17.6. The molecule has 0 aliphatic rings. The van der Waals surface area contributed by atoms with E-state index in [4.69, 9.17) is 14.6 Å². The lowest BCUT2D eigenvalue weighted by Gasteiger charge is -2.11. The third kappa shape index (κ3) is 12.2. The number of hydrogen-bond acceptors (Lipinski definition) is 7. The smallest absolute Gasteiger partial charge is 0.331 e. The van der Waals surface area contributed by atoms with Gasteiger partial charge in [0.05, 0.1) is 6.10 Å². The van der Waals surface area contributed by atoms with Gasteiger partial charge in [-0.3, -0.25) is 0 Å². The molecule has 2 unspecified atom stereocenters. The summed E-state index contributed by atoms with van der Waals surface area (Å²) < 4.78 is 15.2. The normalized spacial score (nSPS) is 11.7. The summed E-state index contributed by atoms with van der Waals surface area (Å²) in [6.07, 6.45) is -0.652. The van der Waals surface area contributed by atoms with Gasteiger partial charge in [-0.2, -0.15) is 0 Å². The van der Waals surface area contributed by atoms with Gasteiger partial charge >= 0.3 is 11.9 Å². The van der Waals surface area contributed by atoms with E-state index in [-0.39, 0.29) is 31.8 Å². The SMILES string of the molecule is C=C(CC(O)COc1ccccc1)C(=O)O.C=CC(=O)OCC(O)COc1ccccc1. The van der Waals surface area contributed by atoms with Gasteiger partial charge in [0.2, 0.25) is 0 Å². The monoisotopic (exact) mass is 444 g/mol. The standard InChI is InChI=1S/2C12H14O4/c1-9(12(14)15)7-10(13)8-16-11-5-3-2-4-6-11;1-2-12(14)16-9-10(13)8-15-11-6-4-3-5-7-11/h2-6,10,13H,1,7-8H2,(H,14,15);2-7,10,13H,1,8-9H2. The van der Waals surface area contributed by atoms with Crippen molar-refractivity contribution >= 4 is 11.9 Å². The third-order valence-corrected chi connectivity index (χ3v) is 3.74. The molecular formula is C24H28O8. The van der Waals surface area contributed by atoms with Crippen LogP contribution in [0.25, 0.3) is 0 Å². The Morgan fingerprint density at radius 1 is 0.844 bits per heavy atom. The molecule has 0 aliphatic carbocycles. The fourth-order valence-corrected chi connectivity index (χ4v) is 2.13. The van der Waals surface area contributed by atoms with Gasteiger partial charge in [0.25, 0.3) is 0 Å². The van der Waals surface area contributed by atoms with Crippen LogP contribution < -0.4 is 9.47 Å². The molecule has 0 fully saturated rings. The third-order valence-electron chi connectivity index (χ3n) is 3.74. The van der Waals surface area contributed by atoms with E-state index < -0.39 is 24.1 Å². The van der Waals surface area contributed by atoms with Crippen LogP contribution in [0.3, 0.4) is 0 Å². The quantitative estimate of drug-likeness (QED) is 0.337. The summed E-state index contributed by atoms with van der Waals surface area (Å²) in [5.41, 5.74) is -0.0239. The molecule has 0 aliphatic heterocycles. The van der Waals surface area contributed by atoms with E-state index in [0.29, 0.717) is 11.5 Å². The minimum Gasteiger partial charge on any atom is -0.491 e. The molecule has 2 aromatic rings. The Morgan fingerprint density at radius 3 is 1.75 bits per heavy atom. The Kier molecular flexibility index (Phi) is 12.6. The molecule has 0 radical (unpaired) electrons. The van der Waals surface area contributed by atoms with Crippen LogP contribution in [0, 0.1) is 0 Å². The molecule has 172 valence electrons. The van der Waals surface area contributed by atoms with Gasteiger partial charge in [0.15, 0.2) is 0 Å². The van der Waals surface area contributed by atoms with Gasteiger partial charge in [0, 0.05) is 18.1 Å². The van der Waals surface area contributed by atoms with Gasteiger partial charge < -0.3 is 29.5 Å². The summed E-state index contributed by atoms with van der Waals surface area (Å²) >= 11 is 0. The molecule has 2 atom stereocenters. The molecule has 2 aromatic carbocycles. The summed E-state index contributed by atoms with van der Waals surface area (Å²) in [6.45, 7) is 6.61. The number of aliphatic carboxylic acids is 1. The highest BCUT2D eigenvalue weighted by Gasteiger charge is 2.12. The van der Waals surface area contributed by atoms with Crippen LogP contribution >= 0.6 is 0 Å². The van der Waals surface area contributed by atoms with E-state index in [2.05, 4.69) is 17.9 Å². The predicted molar refractivity (Wildman–Crippen MR) is 118 cm³/mol. The first-order valence-electron chi connectivity index (χ1n) is 9.74. The van der Waals surface area contributed by atoms with Crippen molar-refractivity contribution in [3.63, 3.8) is 0 Å². The Morgan fingerprint density at radius 2 is 1.31 bits per heavy atom. The highest BCUT2D eigenvalue weighted by molar-refractivity contribution is 5.85. The molecular weight excluding hydrogens is 416 g/mol. The summed E-state index contributed by atoms with van der Waals surface area (Å²) in [5.74, 6) is -0.350. The summed E-state index contributed by atoms with van der Waals surface area (Å²) in [6, 6.07) is 18.1. The van der Waals surface area contributed by atoms with E-state index in [0.717, 1.165) is 6.08 Å². The molecule has 0 spiro atoms. The first kappa shape index (κ1) is 26.4. The van der Waals surface area contributed by atoms with Gasteiger partial charge in [-0.1, -0.05) is 49.6 Å². The Balaban J connectivity index is 0.000000320. The summed E-state index contributed by atoms with van der Waals surface area (Å²) in [7, 11) is 0. The van der Waals surface area contributed by atoms with Crippen LogP contribution in [0.15, 0.2) is 85.5 Å². The van der Waals surface area contributed by atoms with Crippen LogP contribution in [0.5, 0.6) is 11.5 Å². The van der Waals surface area contributed by atoms with Crippen LogP contribution in [-0.2, 0) is 14.3 Å². The number of rotatable bonds is 12. The van der Waals surface area contributed by atoms with Crippen LogP contribution in [0.4, 0.5) is 0 Å². The molecule has 0 amide bonds. The molecule has 0 aromatic heterocycles. The van der Waals surface area contributed by atoms with E-state index in [1.165, 1.54) is 0 Å². The minimum absolute atomic E-state index is 0.00215. The van der Waals surface area contributed by atoms with Crippen molar-refractivity contribution in [3.8, 4) is 11.5 Å². The average Bonchev–Trinajstić information content (AvgIpc) is 2.81. The molecule has 0 saturated heterocycles. The van der Waals surface area contributed by atoms with E-state index in [9.17, 15) is 19.8 Å². The Bertz CT molecular complexity index is 834. The van der Waals surface area contributed by atoms with Crippen molar-refractivity contribution in [2.75, 3.05) is 19.8 Å². The van der Waals surface area contributed by atoms with E-state index in [1.807, 2.05) is 36.4 Å². The fourth-order valence-electron chi connectivity index (χ4n) is 2.13. The minimum atomic E-state index is -1.10. The zero-order chi connectivity index (χ0) is 23.8. The van der Waals surface area contributed by atoms with Gasteiger partial charge in [-0.15, -0.1) is 0 Å². The van der Waals surface area contributed by atoms with Crippen molar-refractivity contribution in [1.82, 2.24) is 0 Å². The molecule has 32 heavy (non-hydrogen) atoms. The molecule has 8 nitrogen and oxygen atoms in total.